The number of rotatable bonds is 9. The highest BCUT2D eigenvalue weighted by Gasteiger charge is 2.10. The SMILES string of the molecule is COc1ccc(Br)cc1CN(C)CC(=O)NCCCc1ccccc1. The van der Waals surface area contributed by atoms with Gasteiger partial charge in [-0.25, -0.2) is 0 Å². The molecule has 1 amide bonds. The van der Waals surface area contributed by atoms with Crippen molar-refractivity contribution in [3.63, 3.8) is 0 Å². The summed E-state index contributed by atoms with van der Waals surface area (Å²) in [5.41, 5.74) is 2.35. The molecule has 2 rings (SSSR count). The average molecular weight is 405 g/mol. The Morgan fingerprint density at radius 2 is 1.96 bits per heavy atom. The second-order valence-corrected chi connectivity index (χ2v) is 6.98. The summed E-state index contributed by atoms with van der Waals surface area (Å²) in [4.78, 5) is 14.1. The zero-order valence-corrected chi connectivity index (χ0v) is 16.4. The van der Waals surface area contributed by atoms with Crippen LogP contribution in [0.4, 0.5) is 0 Å². The number of ether oxygens (including phenoxy) is 1. The van der Waals surface area contributed by atoms with E-state index in [1.54, 1.807) is 7.11 Å². The van der Waals surface area contributed by atoms with Gasteiger partial charge in [-0.2, -0.15) is 0 Å². The van der Waals surface area contributed by atoms with Gasteiger partial charge in [-0.1, -0.05) is 46.3 Å². The van der Waals surface area contributed by atoms with Crippen LogP contribution in [0, 0.1) is 0 Å². The van der Waals surface area contributed by atoms with Crippen LogP contribution in [0.25, 0.3) is 0 Å². The lowest BCUT2D eigenvalue weighted by Gasteiger charge is -2.18. The van der Waals surface area contributed by atoms with E-state index >= 15 is 0 Å². The van der Waals surface area contributed by atoms with Gasteiger partial charge in [0.1, 0.15) is 5.75 Å². The fourth-order valence-electron chi connectivity index (χ4n) is 2.68. The molecule has 4 nitrogen and oxygen atoms in total. The fraction of sp³-hybridized carbons (Fsp3) is 0.350. The van der Waals surface area contributed by atoms with Crippen LogP contribution in [0.15, 0.2) is 53.0 Å². The number of carbonyl (C=O) groups excluding carboxylic acids is 1. The van der Waals surface area contributed by atoms with Crippen molar-refractivity contribution in [3.8, 4) is 5.75 Å². The summed E-state index contributed by atoms with van der Waals surface area (Å²) in [5, 5.41) is 2.99. The van der Waals surface area contributed by atoms with Gasteiger partial charge in [0.05, 0.1) is 13.7 Å². The molecule has 0 heterocycles. The van der Waals surface area contributed by atoms with E-state index in [4.69, 9.17) is 4.74 Å². The summed E-state index contributed by atoms with van der Waals surface area (Å²) < 4.78 is 6.38. The first kappa shape index (κ1) is 19.5. The average Bonchev–Trinajstić information content (AvgIpc) is 2.60. The van der Waals surface area contributed by atoms with Crippen molar-refractivity contribution in [2.24, 2.45) is 0 Å². The van der Waals surface area contributed by atoms with Crippen molar-refractivity contribution in [2.75, 3.05) is 27.2 Å². The molecular formula is C20H25BrN2O2. The number of aryl methyl sites for hydroxylation is 1. The number of amides is 1. The van der Waals surface area contributed by atoms with Crippen LogP contribution in [0.2, 0.25) is 0 Å². The van der Waals surface area contributed by atoms with E-state index in [1.165, 1.54) is 5.56 Å². The third-order valence-corrected chi connectivity index (χ3v) is 4.40. The first-order valence-corrected chi connectivity index (χ1v) is 9.19. The van der Waals surface area contributed by atoms with E-state index in [-0.39, 0.29) is 5.91 Å². The standard InChI is InChI=1S/C20H25BrN2O2/c1-23(14-17-13-18(21)10-11-19(17)25-2)15-20(24)22-12-6-9-16-7-4-3-5-8-16/h3-5,7-8,10-11,13H,6,9,12,14-15H2,1-2H3,(H,22,24). The maximum Gasteiger partial charge on any atom is 0.234 e. The Hall–Kier alpha value is -1.85. The molecule has 0 aliphatic rings. The van der Waals surface area contributed by atoms with Crippen LogP contribution in [-0.2, 0) is 17.8 Å². The summed E-state index contributed by atoms with van der Waals surface area (Å²) in [7, 11) is 3.59. The largest absolute Gasteiger partial charge is 0.496 e. The minimum atomic E-state index is 0.0459. The van der Waals surface area contributed by atoms with Crippen molar-refractivity contribution < 1.29 is 9.53 Å². The monoisotopic (exact) mass is 404 g/mol. The predicted octanol–water partition coefficient (Wildman–Crippen LogP) is 3.64. The van der Waals surface area contributed by atoms with Crippen LogP contribution in [0.5, 0.6) is 5.75 Å². The second kappa shape index (κ2) is 10.2. The summed E-state index contributed by atoms with van der Waals surface area (Å²) in [6, 6.07) is 16.2. The van der Waals surface area contributed by atoms with Crippen LogP contribution in [-0.4, -0.2) is 38.1 Å². The van der Waals surface area contributed by atoms with Gasteiger partial charge in [0.15, 0.2) is 0 Å². The van der Waals surface area contributed by atoms with Crippen molar-refractivity contribution in [1.29, 1.82) is 0 Å². The number of hydrogen-bond donors (Lipinski definition) is 1. The Morgan fingerprint density at radius 1 is 1.20 bits per heavy atom. The minimum Gasteiger partial charge on any atom is -0.496 e. The first-order chi connectivity index (χ1) is 12.1. The molecule has 2 aromatic carbocycles. The van der Waals surface area contributed by atoms with Gasteiger partial charge in [-0.05, 0) is 43.7 Å². The number of likely N-dealkylation sites (N-methyl/N-ethyl adjacent to an activating group) is 1. The number of nitrogens with zero attached hydrogens (tertiary/aromatic N) is 1. The number of nitrogens with one attached hydrogen (secondary N) is 1. The molecule has 25 heavy (non-hydrogen) atoms. The smallest absolute Gasteiger partial charge is 0.234 e. The highest BCUT2D eigenvalue weighted by atomic mass is 79.9. The molecule has 0 aliphatic heterocycles. The molecule has 0 aliphatic carbocycles. The van der Waals surface area contributed by atoms with E-state index in [0.717, 1.165) is 28.6 Å². The molecule has 0 bridgehead atoms. The number of halogens is 1. The van der Waals surface area contributed by atoms with E-state index in [9.17, 15) is 4.79 Å². The van der Waals surface area contributed by atoms with Gasteiger partial charge in [0.25, 0.3) is 0 Å². The number of hydrogen-bond acceptors (Lipinski definition) is 3. The van der Waals surface area contributed by atoms with Crippen LogP contribution >= 0.6 is 15.9 Å². The zero-order valence-electron chi connectivity index (χ0n) is 14.8. The highest BCUT2D eigenvalue weighted by molar-refractivity contribution is 9.10. The van der Waals surface area contributed by atoms with Gasteiger partial charge in [0, 0.05) is 23.1 Å². The zero-order chi connectivity index (χ0) is 18.1. The van der Waals surface area contributed by atoms with Crippen LogP contribution < -0.4 is 10.1 Å². The highest BCUT2D eigenvalue weighted by Crippen LogP contribution is 2.23. The molecule has 0 fully saturated rings. The lowest BCUT2D eigenvalue weighted by atomic mass is 10.1. The van der Waals surface area contributed by atoms with Crippen molar-refractivity contribution in [1.82, 2.24) is 10.2 Å². The number of carbonyl (C=O) groups is 1. The van der Waals surface area contributed by atoms with Crippen LogP contribution in [0.3, 0.4) is 0 Å². The Bertz CT molecular complexity index is 677. The number of methoxy groups -OCH3 is 1. The normalized spacial score (nSPS) is 10.7. The lowest BCUT2D eigenvalue weighted by molar-refractivity contribution is -0.122. The van der Waals surface area contributed by atoms with Crippen molar-refractivity contribution in [2.45, 2.75) is 19.4 Å². The van der Waals surface area contributed by atoms with Crippen molar-refractivity contribution in [3.05, 3.63) is 64.1 Å². The third kappa shape index (κ3) is 6.88. The molecule has 2 aromatic rings. The minimum absolute atomic E-state index is 0.0459. The first-order valence-electron chi connectivity index (χ1n) is 8.40. The molecule has 0 aromatic heterocycles. The Labute approximate surface area is 158 Å². The number of benzene rings is 2. The topological polar surface area (TPSA) is 41.6 Å². The molecule has 0 saturated carbocycles. The summed E-state index contributed by atoms with van der Waals surface area (Å²) in [5.74, 6) is 0.878. The van der Waals surface area contributed by atoms with Gasteiger partial charge in [0.2, 0.25) is 5.91 Å². The molecule has 0 spiro atoms. The molecule has 0 atom stereocenters. The quantitative estimate of drug-likeness (QED) is 0.648. The van der Waals surface area contributed by atoms with Gasteiger partial charge >= 0.3 is 0 Å². The Balaban J connectivity index is 1.72. The van der Waals surface area contributed by atoms with E-state index in [1.807, 2.05) is 48.3 Å². The summed E-state index contributed by atoms with van der Waals surface area (Å²) in [6.07, 6.45) is 1.92. The molecule has 0 unspecified atom stereocenters. The molecule has 134 valence electrons. The Morgan fingerprint density at radius 3 is 2.68 bits per heavy atom. The molecule has 5 heteroatoms. The van der Waals surface area contributed by atoms with E-state index < -0.39 is 0 Å². The maximum atomic E-state index is 12.1. The molecule has 0 radical (unpaired) electrons. The second-order valence-electron chi connectivity index (χ2n) is 6.07. The molecule has 1 N–H and O–H groups in total. The Kier molecular flexibility index (Phi) is 7.95. The molecular weight excluding hydrogens is 380 g/mol. The predicted molar refractivity (Wildman–Crippen MR) is 105 cm³/mol. The van der Waals surface area contributed by atoms with Gasteiger partial charge < -0.3 is 10.1 Å². The van der Waals surface area contributed by atoms with Gasteiger partial charge in [-0.15, -0.1) is 0 Å². The fourth-order valence-corrected chi connectivity index (χ4v) is 3.09. The summed E-state index contributed by atoms with van der Waals surface area (Å²) >= 11 is 3.47. The maximum absolute atomic E-state index is 12.1. The lowest BCUT2D eigenvalue weighted by Crippen LogP contribution is -2.35. The summed E-state index contributed by atoms with van der Waals surface area (Å²) in [6.45, 7) is 1.71. The van der Waals surface area contributed by atoms with E-state index in [0.29, 0.717) is 19.6 Å². The van der Waals surface area contributed by atoms with Crippen molar-refractivity contribution >= 4 is 21.8 Å². The van der Waals surface area contributed by atoms with Crippen LogP contribution in [0.1, 0.15) is 17.5 Å². The third-order valence-electron chi connectivity index (χ3n) is 3.90. The molecule has 0 saturated heterocycles. The van der Waals surface area contributed by atoms with Gasteiger partial charge in [-0.3, -0.25) is 9.69 Å². The van der Waals surface area contributed by atoms with E-state index in [2.05, 4.69) is 33.4 Å².